The molecule has 1 aromatic carbocycles. The van der Waals surface area contributed by atoms with Crippen LogP contribution in [0.15, 0.2) is 47.8 Å². The van der Waals surface area contributed by atoms with Gasteiger partial charge in [-0.15, -0.1) is 11.3 Å². The van der Waals surface area contributed by atoms with Crippen molar-refractivity contribution >= 4 is 17.2 Å². The van der Waals surface area contributed by atoms with Crippen LogP contribution in [0.3, 0.4) is 0 Å². The minimum Gasteiger partial charge on any atom is -0.486 e. The van der Waals surface area contributed by atoms with Gasteiger partial charge in [-0.2, -0.15) is 5.10 Å². The number of aromatic nitrogens is 2. The Kier molecular flexibility index (Phi) is 3.92. The molecule has 122 valence electrons. The lowest BCUT2D eigenvalue weighted by Crippen LogP contribution is -2.40. The quantitative estimate of drug-likeness (QED) is 0.765. The van der Waals surface area contributed by atoms with E-state index in [0.29, 0.717) is 24.6 Å². The van der Waals surface area contributed by atoms with E-state index in [1.54, 1.807) is 17.4 Å². The van der Waals surface area contributed by atoms with Gasteiger partial charge >= 0.3 is 0 Å². The van der Waals surface area contributed by atoms with Gasteiger partial charge in [0.2, 0.25) is 0 Å². The van der Waals surface area contributed by atoms with Crippen molar-refractivity contribution in [1.29, 1.82) is 0 Å². The van der Waals surface area contributed by atoms with Crippen LogP contribution in [-0.2, 0) is 0 Å². The summed E-state index contributed by atoms with van der Waals surface area (Å²) in [4.78, 5) is 13.3. The van der Waals surface area contributed by atoms with Crippen molar-refractivity contribution in [3.05, 3.63) is 53.5 Å². The molecule has 24 heavy (non-hydrogen) atoms. The van der Waals surface area contributed by atoms with Gasteiger partial charge in [0.25, 0.3) is 5.91 Å². The van der Waals surface area contributed by atoms with Crippen molar-refractivity contribution in [2.45, 2.75) is 6.10 Å². The molecule has 1 atom stereocenters. The van der Waals surface area contributed by atoms with Crippen molar-refractivity contribution in [2.75, 3.05) is 13.2 Å². The molecule has 2 aromatic heterocycles. The average molecular weight is 341 g/mol. The molecule has 1 unspecified atom stereocenters. The summed E-state index contributed by atoms with van der Waals surface area (Å²) in [6.45, 7) is 0.757. The monoisotopic (exact) mass is 341 g/mol. The lowest BCUT2D eigenvalue weighted by atomic mass is 10.2. The minimum absolute atomic E-state index is 0.223. The van der Waals surface area contributed by atoms with Crippen molar-refractivity contribution < 1.29 is 14.3 Å². The third-order valence-corrected chi connectivity index (χ3v) is 4.56. The molecule has 1 aliphatic heterocycles. The number of nitrogens with zero attached hydrogens (tertiary/aromatic N) is 1. The van der Waals surface area contributed by atoms with E-state index in [2.05, 4.69) is 15.5 Å². The van der Waals surface area contributed by atoms with Crippen LogP contribution in [0.2, 0.25) is 0 Å². The first-order chi connectivity index (χ1) is 11.8. The van der Waals surface area contributed by atoms with Crippen molar-refractivity contribution in [1.82, 2.24) is 15.5 Å². The first kappa shape index (κ1) is 14.8. The van der Waals surface area contributed by atoms with E-state index in [-0.39, 0.29) is 12.0 Å². The number of para-hydroxylation sites is 2. The summed E-state index contributed by atoms with van der Waals surface area (Å²) in [5.74, 6) is 1.19. The summed E-state index contributed by atoms with van der Waals surface area (Å²) in [6.07, 6.45) is -0.223. The number of hydrogen-bond donors (Lipinski definition) is 2. The van der Waals surface area contributed by atoms with Gasteiger partial charge in [0.15, 0.2) is 17.2 Å². The summed E-state index contributed by atoms with van der Waals surface area (Å²) >= 11 is 1.59. The molecule has 7 heteroatoms. The first-order valence-corrected chi connectivity index (χ1v) is 8.43. The van der Waals surface area contributed by atoms with Crippen molar-refractivity contribution in [2.24, 2.45) is 0 Å². The number of benzene rings is 1. The smallest absolute Gasteiger partial charge is 0.271 e. The highest BCUT2D eigenvalue weighted by molar-refractivity contribution is 7.13. The number of carbonyl (C=O) groups excluding carboxylic acids is 1. The molecule has 6 nitrogen and oxygen atoms in total. The summed E-state index contributed by atoms with van der Waals surface area (Å²) in [5, 5.41) is 11.8. The predicted molar refractivity (Wildman–Crippen MR) is 90.6 cm³/mol. The molecule has 0 saturated carbocycles. The molecule has 4 rings (SSSR count). The molecule has 0 spiro atoms. The van der Waals surface area contributed by atoms with Crippen LogP contribution in [0.25, 0.3) is 10.6 Å². The highest BCUT2D eigenvalue weighted by Gasteiger charge is 2.22. The Labute approximate surface area is 142 Å². The molecule has 3 aromatic rings. The largest absolute Gasteiger partial charge is 0.486 e. The highest BCUT2D eigenvalue weighted by atomic mass is 32.1. The number of nitrogens with one attached hydrogen (secondary N) is 2. The molecule has 0 bridgehead atoms. The standard InChI is InChI=1S/C17H15N3O3S/c21-17(13-8-12(19-20-13)16-6-3-7-24-16)18-9-11-10-22-14-4-1-2-5-15(14)23-11/h1-8,11H,9-10H2,(H,18,21)(H,19,20). The summed E-state index contributed by atoms with van der Waals surface area (Å²) in [5.41, 5.74) is 1.19. The van der Waals surface area contributed by atoms with Gasteiger partial charge in [0.05, 0.1) is 17.1 Å². The van der Waals surface area contributed by atoms with Gasteiger partial charge in [-0.25, -0.2) is 0 Å². The lowest BCUT2D eigenvalue weighted by molar-refractivity contribution is 0.0786. The molecule has 1 amide bonds. The Morgan fingerprint density at radius 2 is 2.17 bits per heavy atom. The second-order valence-electron chi connectivity index (χ2n) is 5.35. The van der Waals surface area contributed by atoms with Crippen LogP contribution in [0.5, 0.6) is 11.5 Å². The van der Waals surface area contributed by atoms with Crippen LogP contribution in [0.4, 0.5) is 0 Å². The maximum atomic E-state index is 12.2. The zero-order valence-corrected chi connectivity index (χ0v) is 13.5. The van der Waals surface area contributed by atoms with Gasteiger partial charge in [-0.1, -0.05) is 18.2 Å². The zero-order valence-electron chi connectivity index (χ0n) is 12.7. The second kappa shape index (κ2) is 6.37. The van der Waals surface area contributed by atoms with Gasteiger partial charge in [0.1, 0.15) is 12.7 Å². The van der Waals surface area contributed by atoms with E-state index < -0.39 is 0 Å². The number of hydrogen-bond acceptors (Lipinski definition) is 5. The van der Waals surface area contributed by atoms with Gasteiger partial charge in [0, 0.05) is 0 Å². The fourth-order valence-corrected chi connectivity index (χ4v) is 3.15. The molecular weight excluding hydrogens is 326 g/mol. The number of rotatable bonds is 4. The summed E-state index contributed by atoms with van der Waals surface area (Å²) < 4.78 is 11.4. The third kappa shape index (κ3) is 2.98. The van der Waals surface area contributed by atoms with E-state index in [1.807, 2.05) is 41.8 Å². The fraction of sp³-hybridized carbons (Fsp3) is 0.176. The van der Waals surface area contributed by atoms with E-state index in [1.165, 1.54) is 0 Å². The Bertz CT molecular complexity index is 844. The number of aromatic amines is 1. The fourth-order valence-electron chi connectivity index (χ4n) is 2.46. The van der Waals surface area contributed by atoms with Gasteiger partial charge in [-0.05, 0) is 29.6 Å². The summed E-state index contributed by atoms with van der Waals surface area (Å²) in [6, 6.07) is 13.2. The molecule has 0 radical (unpaired) electrons. The molecule has 0 saturated heterocycles. The number of thiophene rings is 1. The minimum atomic E-state index is -0.239. The summed E-state index contributed by atoms with van der Waals surface area (Å²) in [7, 11) is 0. The molecule has 1 aliphatic rings. The van der Waals surface area contributed by atoms with Crippen LogP contribution in [-0.4, -0.2) is 35.4 Å². The maximum absolute atomic E-state index is 12.2. The molecule has 2 N–H and O–H groups in total. The second-order valence-corrected chi connectivity index (χ2v) is 6.30. The van der Waals surface area contributed by atoms with E-state index >= 15 is 0 Å². The van der Waals surface area contributed by atoms with Crippen LogP contribution >= 0.6 is 11.3 Å². The number of fused-ring (bicyclic) bond motifs is 1. The van der Waals surface area contributed by atoms with E-state index in [4.69, 9.17) is 9.47 Å². The Balaban J connectivity index is 1.36. The highest BCUT2D eigenvalue weighted by Crippen LogP contribution is 2.30. The number of ether oxygens (including phenoxy) is 2. The van der Waals surface area contributed by atoms with Crippen LogP contribution < -0.4 is 14.8 Å². The molecule has 0 aliphatic carbocycles. The van der Waals surface area contributed by atoms with Crippen molar-refractivity contribution in [3.63, 3.8) is 0 Å². The average Bonchev–Trinajstić information content (AvgIpc) is 3.30. The topological polar surface area (TPSA) is 76.2 Å². The van der Waals surface area contributed by atoms with Crippen molar-refractivity contribution in [3.8, 4) is 22.1 Å². The zero-order chi connectivity index (χ0) is 16.4. The van der Waals surface area contributed by atoms with E-state index in [0.717, 1.165) is 16.3 Å². The van der Waals surface area contributed by atoms with Gasteiger partial charge < -0.3 is 14.8 Å². The first-order valence-electron chi connectivity index (χ1n) is 7.55. The van der Waals surface area contributed by atoms with Crippen LogP contribution in [0, 0.1) is 0 Å². The van der Waals surface area contributed by atoms with Gasteiger partial charge in [-0.3, -0.25) is 9.89 Å². The molecule has 0 fully saturated rings. The Hall–Kier alpha value is -2.80. The number of amides is 1. The van der Waals surface area contributed by atoms with Crippen LogP contribution in [0.1, 0.15) is 10.5 Å². The number of H-pyrrole nitrogens is 1. The molecule has 3 heterocycles. The molecular formula is C17H15N3O3S. The lowest BCUT2D eigenvalue weighted by Gasteiger charge is -2.26. The maximum Gasteiger partial charge on any atom is 0.271 e. The number of carbonyl (C=O) groups is 1. The normalized spacial score (nSPS) is 15.9. The van der Waals surface area contributed by atoms with E-state index in [9.17, 15) is 4.79 Å². The third-order valence-electron chi connectivity index (χ3n) is 3.65. The Morgan fingerprint density at radius 1 is 1.29 bits per heavy atom. The SMILES string of the molecule is O=C(NCC1COc2ccccc2O1)c1cc(-c2cccs2)[nH]n1. The Morgan fingerprint density at radius 3 is 3.00 bits per heavy atom. The predicted octanol–water partition coefficient (Wildman–Crippen LogP) is 2.71.